The van der Waals surface area contributed by atoms with Gasteiger partial charge in [-0.1, -0.05) is 18.2 Å². The van der Waals surface area contributed by atoms with Crippen LogP contribution in [0.25, 0.3) is 5.69 Å². The molecule has 1 heterocycles. The molecular formula is C19H18N4O4S. The number of nitrogens with one attached hydrogen (secondary N) is 1. The van der Waals surface area contributed by atoms with E-state index in [1.807, 2.05) is 6.07 Å². The zero-order valence-corrected chi connectivity index (χ0v) is 16.1. The summed E-state index contributed by atoms with van der Waals surface area (Å²) in [6.45, 7) is 0. The quantitative estimate of drug-likeness (QED) is 0.705. The van der Waals surface area contributed by atoms with E-state index in [2.05, 4.69) is 10.4 Å². The van der Waals surface area contributed by atoms with Gasteiger partial charge in [0.05, 0.1) is 10.6 Å². The first-order valence-corrected chi connectivity index (χ1v) is 9.73. The second kappa shape index (κ2) is 7.75. The van der Waals surface area contributed by atoms with Crippen LogP contribution in [0.1, 0.15) is 10.5 Å². The van der Waals surface area contributed by atoms with E-state index in [0.717, 1.165) is 8.99 Å². The molecule has 0 atom stereocenters. The smallest absolute Gasteiger partial charge is 0.276 e. The molecule has 0 unspecified atom stereocenters. The van der Waals surface area contributed by atoms with Crippen molar-refractivity contribution in [2.75, 3.05) is 19.4 Å². The average molecular weight is 398 g/mol. The second-order valence-corrected chi connectivity index (χ2v) is 8.22. The lowest BCUT2D eigenvalue weighted by molar-refractivity contribution is 0.102. The van der Waals surface area contributed by atoms with Crippen molar-refractivity contribution in [2.45, 2.75) is 4.90 Å². The number of anilines is 1. The van der Waals surface area contributed by atoms with Crippen molar-refractivity contribution in [2.24, 2.45) is 0 Å². The van der Waals surface area contributed by atoms with Gasteiger partial charge in [-0.15, -0.1) is 0 Å². The Labute approximate surface area is 162 Å². The molecule has 3 aromatic rings. The highest BCUT2D eigenvalue weighted by Gasteiger charge is 2.17. The fourth-order valence-corrected chi connectivity index (χ4v) is 3.30. The molecule has 1 amide bonds. The molecule has 9 heteroatoms. The van der Waals surface area contributed by atoms with Crippen molar-refractivity contribution in [1.29, 1.82) is 0 Å². The van der Waals surface area contributed by atoms with Gasteiger partial charge in [-0.25, -0.2) is 12.7 Å². The van der Waals surface area contributed by atoms with Crippen molar-refractivity contribution in [3.63, 3.8) is 0 Å². The number of rotatable bonds is 5. The van der Waals surface area contributed by atoms with Gasteiger partial charge >= 0.3 is 0 Å². The van der Waals surface area contributed by atoms with Crippen LogP contribution in [-0.2, 0) is 10.0 Å². The molecule has 0 spiro atoms. The van der Waals surface area contributed by atoms with E-state index in [4.69, 9.17) is 0 Å². The third kappa shape index (κ3) is 4.00. The number of sulfonamides is 1. The van der Waals surface area contributed by atoms with Crippen LogP contribution < -0.4 is 10.9 Å². The van der Waals surface area contributed by atoms with E-state index in [1.54, 1.807) is 24.3 Å². The number of hydrogen-bond acceptors (Lipinski definition) is 5. The van der Waals surface area contributed by atoms with Crippen LogP contribution in [0.2, 0.25) is 0 Å². The summed E-state index contributed by atoms with van der Waals surface area (Å²) >= 11 is 0. The van der Waals surface area contributed by atoms with Gasteiger partial charge < -0.3 is 5.32 Å². The van der Waals surface area contributed by atoms with Gasteiger partial charge in [0.25, 0.3) is 11.5 Å². The van der Waals surface area contributed by atoms with Crippen molar-refractivity contribution in [3.05, 3.63) is 82.8 Å². The van der Waals surface area contributed by atoms with Gasteiger partial charge in [-0.2, -0.15) is 9.78 Å². The molecule has 0 aliphatic heterocycles. The Balaban J connectivity index is 1.83. The first-order chi connectivity index (χ1) is 13.3. The molecule has 0 saturated heterocycles. The SMILES string of the molecule is CN(C)S(=O)(=O)c1ccc(NC(=O)c2ccc(=O)n(-c3ccccc3)n2)cc1. The maximum absolute atomic E-state index is 12.5. The van der Waals surface area contributed by atoms with Gasteiger partial charge in [0.1, 0.15) is 5.69 Å². The summed E-state index contributed by atoms with van der Waals surface area (Å²) < 4.78 is 26.4. The van der Waals surface area contributed by atoms with E-state index in [9.17, 15) is 18.0 Å². The minimum atomic E-state index is -3.55. The summed E-state index contributed by atoms with van der Waals surface area (Å²) in [6, 6.07) is 17.1. The third-order valence-corrected chi connectivity index (χ3v) is 5.75. The number of benzene rings is 2. The molecule has 0 saturated carbocycles. The maximum Gasteiger partial charge on any atom is 0.276 e. The number of para-hydroxylation sites is 1. The lowest BCUT2D eigenvalue weighted by Crippen LogP contribution is -2.25. The number of aromatic nitrogens is 2. The standard InChI is InChI=1S/C19H18N4O4S/c1-22(2)28(26,27)16-10-8-14(9-11-16)20-19(25)17-12-13-18(24)23(21-17)15-6-4-3-5-7-15/h3-13H,1-2H3,(H,20,25). The Hall–Kier alpha value is -3.30. The fourth-order valence-electron chi connectivity index (χ4n) is 2.40. The van der Waals surface area contributed by atoms with Crippen LogP contribution >= 0.6 is 0 Å². The van der Waals surface area contributed by atoms with E-state index in [0.29, 0.717) is 11.4 Å². The number of carbonyl (C=O) groups excluding carboxylic acids is 1. The molecule has 0 bridgehead atoms. The summed E-state index contributed by atoms with van der Waals surface area (Å²) in [4.78, 5) is 24.6. The lowest BCUT2D eigenvalue weighted by atomic mass is 10.3. The highest BCUT2D eigenvalue weighted by Crippen LogP contribution is 2.17. The molecule has 0 radical (unpaired) electrons. The number of hydrogen-bond donors (Lipinski definition) is 1. The Morgan fingerprint density at radius 2 is 1.61 bits per heavy atom. The van der Waals surface area contributed by atoms with Crippen LogP contribution in [0.4, 0.5) is 5.69 Å². The highest BCUT2D eigenvalue weighted by atomic mass is 32.2. The van der Waals surface area contributed by atoms with Gasteiger partial charge in [-0.05, 0) is 42.5 Å². The van der Waals surface area contributed by atoms with Crippen LogP contribution in [0.5, 0.6) is 0 Å². The number of amides is 1. The Morgan fingerprint density at radius 3 is 2.21 bits per heavy atom. The van der Waals surface area contributed by atoms with Crippen molar-refractivity contribution >= 4 is 21.6 Å². The summed E-state index contributed by atoms with van der Waals surface area (Å²) in [7, 11) is -0.659. The Morgan fingerprint density at radius 1 is 0.964 bits per heavy atom. The fraction of sp³-hybridized carbons (Fsp3) is 0.105. The highest BCUT2D eigenvalue weighted by molar-refractivity contribution is 7.89. The van der Waals surface area contributed by atoms with Crippen LogP contribution in [-0.4, -0.2) is 42.5 Å². The molecule has 144 valence electrons. The predicted molar refractivity (Wildman–Crippen MR) is 105 cm³/mol. The lowest BCUT2D eigenvalue weighted by Gasteiger charge is -2.12. The van der Waals surface area contributed by atoms with Crippen LogP contribution in [0.15, 0.2) is 76.4 Å². The molecular weight excluding hydrogens is 380 g/mol. The molecule has 1 N–H and O–H groups in total. The minimum absolute atomic E-state index is 0.0495. The summed E-state index contributed by atoms with van der Waals surface area (Å²) in [5.74, 6) is -0.520. The van der Waals surface area contributed by atoms with Gasteiger partial charge in [0.15, 0.2) is 0 Å². The normalized spacial score (nSPS) is 11.4. The molecule has 3 rings (SSSR count). The first-order valence-electron chi connectivity index (χ1n) is 8.29. The van der Waals surface area contributed by atoms with E-state index in [-0.39, 0.29) is 16.1 Å². The topological polar surface area (TPSA) is 101 Å². The second-order valence-electron chi connectivity index (χ2n) is 6.07. The van der Waals surface area contributed by atoms with Gasteiger partial charge in [0.2, 0.25) is 10.0 Å². The summed E-state index contributed by atoms with van der Waals surface area (Å²) in [6.07, 6.45) is 0. The minimum Gasteiger partial charge on any atom is -0.321 e. The number of nitrogens with zero attached hydrogens (tertiary/aromatic N) is 3. The van der Waals surface area contributed by atoms with Gasteiger partial charge in [0, 0.05) is 25.8 Å². The monoisotopic (exact) mass is 398 g/mol. The van der Waals surface area contributed by atoms with Crippen LogP contribution in [0.3, 0.4) is 0 Å². The summed E-state index contributed by atoms with van der Waals surface area (Å²) in [5.41, 5.74) is 0.636. The average Bonchev–Trinajstić information content (AvgIpc) is 2.69. The van der Waals surface area contributed by atoms with Crippen molar-refractivity contribution in [3.8, 4) is 5.69 Å². The first kappa shape index (κ1) is 19.5. The van der Waals surface area contributed by atoms with Crippen molar-refractivity contribution in [1.82, 2.24) is 14.1 Å². The Kier molecular flexibility index (Phi) is 5.39. The number of carbonyl (C=O) groups is 1. The van der Waals surface area contributed by atoms with Gasteiger partial charge in [-0.3, -0.25) is 9.59 Å². The molecule has 0 aliphatic rings. The molecule has 8 nitrogen and oxygen atoms in total. The van der Waals surface area contributed by atoms with E-state index in [1.165, 1.54) is 50.5 Å². The van der Waals surface area contributed by atoms with Crippen molar-refractivity contribution < 1.29 is 13.2 Å². The van der Waals surface area contributed by atoms with E-state index < -0.39 is 15.9 Å². The van der Waals surface area contributed by atoms with E-state index >= 15 is 0 Å². The molecule has 0 aliphatic carbocycles. The third-order valence-electron chi connectivity index (χ3n) is 3.92. The maximum atomic E-state index is 12.5. The zero-order chi connectivity index (χ0) is 20.3. The molecule has 28 heavy (non-hydrogen) atoms. The molecule has 0 fully saturated rings. The largest absolute Gasteiger partial charge is 0.321 e. The Bertz CT molecular complexity index is 1150. The molecule has 1 aromatic heterocycles. The zero-order valence-electron chi connectivity index (χ0n) is 15.2. The molecule has 2 aromatic carbocycles. The van der Waals surface area contributed by atoms with Crippen LogP contribution in [0, 0.1) is 0 Å². The summed E-state index contributed by atoms with van der Waals surface area (Å²) in [5, 5.41) is 6.75. The predicted octanol–water partition coefficient (Wildman–Crippen LogP) is 1.74.